The molecule has 0 aromatic rings. The number of amides is 1. The van der Waals surface area contributed by atoms with Gasteiger partial charge in [-0.25, -0.2) is 0 Å². The summed E-state index contributed by atoms with van der Waals surface area (Å²) in [6.07, 6.45) is 2.00. The quantitative estimate of drug-likeness (QED) is 0.518. The maximum Gasteiger partial charge on any atom is 0.347 e. The van der Waals surface area contributed by atoms with Gasteiger partial charge in [0, 0.05) is 0 Å². The van der Waals surface area contributed by atoms with Crippen LogP contribution in [-0.4, -0.2) is 27.5 Å². The molecule has 17 heavy (non-hydrogen) atoms. The Bertz CT molecular complexity index is 324. The maximum absolute atomic E-state index is 11.7. The lowest BCUT2D eigenvalue weighted by Crippen LogP contribution is -2.46. The van der Waals surface area contributed by atoms with Crippen LogP contribution in [0.15, 0.2) is 0 Å². The molecule has 1 amide bonds. The minimum Gasteiger partial charge on any atom is -0.340 e. The molecule has 1 rings (SSSR count). The monoisotopic (exact) mass is 264 g/mol. The Hall–Kier alpha value is -0.420. The Morgan fingerprint density at radius 3 is 2.35 bits per heavy atom. The van der Waals surface area contributed by atoms with Gasteiger partial charge in [0.2, 0.25) is 5.91 Å². The van der Waals surface area contributed by atoms with Gasteiger partial charge in [0.25, 0.3) is 0 Å². The molecule has 0 aromatic heterocycles. The van der Waals surface area contributed by atoms with Crippen LogP contribution in [0, 0.1) is 11.8 Å². The van der Waals surface area contributed by atoms with E-state index in [1.54, 1.807) is 0 Å². The number of hydrogen-bond donors (Lipinski definition) is 4. The predicted octanol–water partition coefficient (Wildman–Crippen LogP) is 0.390. The van der Waals surface area contributed by atoms with E-state index in [0.29, 0.717) is 6.42 Å². The van der Waals surface area contributed by atoms with E-state index < -0.39 is 25.3 Å². The molecule has 1 aliphatic rings. The van der Waals surface area contributed by atoms with Gasteiger partial charge in [-0.05, 0) is 31.1 Å². The minimum atomic E-state index is -4.28. The van der Waals surface area contributed by atoms with Crippen LogP contribution in [0.1, 0.15) is 33.1 Å². The third-order valence-electron chi connectivity index (χ3n) is 2.78. The Kier molecular flexibility index (Phi) is 4.72. The van der Waals surface area contributed by atoms with Gasteiger partial charge in [-0.3, -0.25) is 9.36 Å². The lowest BCUT2D eigenvalue weighted by molar-refractivity contribution is -0.123. The van der Waals surface area contributed by atoms with E-state index in [1.807, 2.05) is 13.8 Å². The molecule has 7 heteroatoms. The summed E-state index contributed by atoms with van der Waals surface area (Å²) in [5.41, 5.74) is 5.67. The minimum absolute atomic E-state index is 0.106. The van der Waals surface area contributed by atoms with Crippen molar-refractivity contribution >= 4 is 13.5 Å². The normalized spacial score (nSPS) is 20.1. The molecule has 0 bridgehead atoms. The number of rotatable bonds is 6. The SMILES string of the molecule is CC(C)C[C@H](N)C(=O)NC(C1CC1)P(=O)(O)O. The van der Waals surface area contributed by atoms with Crippen LogP contribution in [0.2, 0.25) is 0 Å². The van der Waals surface area contributed by atoms with E-state index >= 15 is 0 Å². The fraction of sp³-hybridized carbons (Fsp3) is 0.900. The fourth-order valence-electron chi connectivity index (χ4n) is 1.76. The zero-order chi connectivity index (χ0) is 13.2. The van der Waals surface area contributed by atoms with Crippen molar-refractivity contribution in [2.75, 3.05) is 0 Å². The molecular weight excluding hydrogens is 243 g/mol. The van der Waals surface area contributed by atoms with Crippen molar-refractivity contribution in [3.8, 4) is 0 Å². The first-order chi connectivity index (χ1) is 7.71. The summed E-state index contributed by atoms with van der Waals surface area (Å²) in [6, 6.07) is -0.706. The fourth-order valence-corrected chi connectivity index (χ4v) is 2.90. The third-order valence-corrected chi connectivity index (χ3v) is 4.06. The van der Waals surface area contributed by atoms with Crippen molar-refractivity contribution in [1.82, 2.24) is 5.32 Å². The molecule has 6 nitrogen and oxygen atoms in total. The first kappa shape index (κ1) is 14.6. The summed E-state index contributed by atoms with van der Waals surface area (Å²) in [4.78, 5) is 30.0. The van der Waals surface area contributed by atoms with Crippen LogP contribution < -0.4 is 11.1 Å². The van der Waals surface area contributed by atoms with Gasteiger partial charge in [-0.15, -0.1) is 0 Å². The summed E-state index contributed by atoms with van der Waals surface area (Å²) in [7, 11) is -4.28. The van der Waals surface area contributed by atoms with E-state index in [9.17, 15) is 9.36 Å². The first-order valence-corrected chi connectivity index (χ1v) is 7.51. The molecule has 0 spiro atoms. The number of nitrogens with one attached hydrogen (secondary N) is 1. The molecule has 0 saturated heterocycles. The van der Waals surface area contributed by atoms with Gasteiger partial charge >= 0.3 is 7.60 Å². The van der Waals surface area contributed by atoms with Gasteiger partial charge in [0.15, 0.2) is 0 Å². The van der Waals surface area contributed by atoms with Crippen molar-refractivity contribution in [2.45, 2.75) is 44.9 Å². The summed E-state index contributed by atoms with van der Waals surface area (Å²) in [5, 5.41) is 2.40. The molecule has 1 aliphatic carbocycles. The van der Waals surface area contributed by atoms with Crippen LogP contribution in [0.4, 0.5) is 0 Å². The lowest BCUT2D eigenvalue weighted by Gasteiger charge is -2.22. The third kappa shape index (κ3) is 4.76. The van der Waals surface area contributed by atoms with Crippen molar-refractivity contribution < 1.29 is 19.1 Å². The number of carbonyl (C=O) groups excluding carboxylic acids is 1. The van der Waals surface area contributed by atoms with E-state index in [-0.39, 0.29) is 11.8 Å². The van der Waals surface area contributed by atoms with Gasteiger partial charge in [0.1, 0.15) is 5.78 Å². The predicted molar refractivity (Wildman–Crippen MR) is 64.1 cm³/mol. The zero-order valence-corrected chi connectivity index (χ0v) is 11.1. The zero-order valence-electron chi connectivity index (χ0n) is 10.2. The molecule has 2 atom stereocenters. The largest absolute Gasteiger partial charge is 0.347 e. The average Bonchev–Trinajstić information content (AvgIpc) is 2.93. The second-order valence-corrected chi connectivity index (χ2v) is 6.85. The summed E-state index contributed by atoms with van der Waals surface area (Å²) >= 11 is 0. The van der Waals surface area contributed by atoms with Crippen LogP contribution in [0.5, 0.6) is 0 Å². The van der Waals surface area contributed by atoms with Gasteiger partial charge in [0.05, 0.1) is 6.04 Å². The smallest absolute Gasteiger partial charge is 0.340 e. The topological polar surface area (TPSA) is 113 Å². The molecule has 1 fully saturated rings. The van der Waals surface area contributed by atoms with Crippen molar-refractivity contribution in [3.63, 3.8) is 0 Å². The Labute approximate surface area is 101 Å². The van der Waals surface area contributed by atoms with Gasteiger partial charge in [-0.2, -0.15) is 0 Å². The van der Waals surface area contributed by atoms with Crippen LogP contribution >= 0.6 is 7.60 Å². The first-order valence-electron chi connectivity index (χ1n) is 5.83. The highest BCUT2D eigenvalue weighted by Gasteiger charge is 2.43. The van der Waals surface area contributed by atoms with Crippen LogP contribution in [-0.2, 0) is 9.36 Å². The highest BCUT2D eigenvalue weighted by Crippen LogP contribution is 2.51. The van der Waals surface area contributed by atoms with E-state index in [1.165, 1.54) is 0 Å². The molecule has 1 unspecified atom stereocenters. The van der Waals surface area contributed by atoms with Crippen molar-refractivity contribution in [3.05, 3.63) is 0 Å². The molecular formula is C10H21N2O4P. The van der Waals surface area contributed by atoms with E-state index in [4.69, 9.17) is 15.5 Å². The molecule has 0 aliphatic heterocycles. The second-order valence-electron chi connectivity index (χ2n) is 5.12. The highest BCUT2D eigenvalue weighted by molar-refractivity contribution is 7.52. The standard InChI is InChI=1S/C10H21N2O4P/c1-6(2)5-8(11)9(13)12-10(7-3-4-7)17(14,15)16/h6-8,10H,3-5,11H2,1-2H3,(H,12,13)(H2,14,15,16)/t8-,10?/m0/s1. The van der Waals surface area contributed by atoms with Gasteiger partial charge in [-0.1, -0.05) is 13.8 Å². The molecule has 100 valence electrons. The Morgan fingerprint density at radius 2 is 2.00 bits per heavy atom. The highest BCUT2D eigenvalue weighted by atomic mass is 31.2. The van der Waals surface area contributed by atoms with Crippen molar-refractivity contribution in [1.29, 1.82) is 0 Å². The molecule has 1 saturated carbocycles. The number of carbonyl (C=O) groups is 1. The van der Waals surface area contributed by atoms with Crippen LogP contribution in [0.25, 0.3) is 0 Å². The van der Waals surface area contributed by atoms with Crippen LogP contribution in [0.3, 0.4) is 0 Å². The summed E-state index contributed by atoms with van der Waals surface area (Å²) in [6.45, 7) is 3.88. The Morgan fingerprint density at radius 1 is 1.47 bits per heavy atom. The Balaban J connectivity index is 2.56. The maximum atomic E-state index is 11.7. The van der Waals surface area contributed by atoms with E-state index in [2.05, 4.69) is 5.32 Å². The average molecular weight is 264 g/mol. The lowest BCUT2D eigenvalue weighted by atomic mass is 10.0. The summed E-state index contributed by atoms with van der Waals surface area (Å²) < 4.78 is 11.2. The number of hydrogen-bond acceptors (Lipinski definition) is 3. The van der Waals surface area contributed by atoms with Crippen molar-refractivity contribution in [2.24, 2.45) is 17.6 Å². The molecule has 0 heterocycles. The number of nitrogens with two attached hydrogens (primary N) is 1. The molecule has 0 aromatic carbocycles. The summed E-state index contributed by atoms with van der Waals surface area (Å²) in [5.74, 6) is -1.37. The molecule has 0 radical (unpaired) electrons. The molecule has 5 N–H and O–H groups in total. The van der Waals surface area contributed by atoms with Gasteiger partial charge < -0.3 is 20.8 Å². The van der Waals surface area contributed by atoms with E-state index in [0.717, 1.165) is 12.8 Å². The second kappa shape index (κ2) is 5.48.